The lowest BCUT2D eigenvalue weighted by molar-refractivity contribution is -0.131. The van der Waals surface area contributed by atoms with E-state index in [1.165, 1.54) is 4.90 Å². The number of urea groups is 1. The Morgan fingerprint density at radius 3 is 2.43 bits per heavy atom. The fourth-order valence-electron chi connectivity index (χ4n) is 3.29. The van der Waals surface area contributed by atoms with Crippen molar-refractivity contribution in [3.05, 3.63) is 78.1 Å². The molecular formula is C21H20N4O3. The summed E-state index contributed by atoms with van der Waals surface area (Å²) >= 11 is 0. The molecule has 0 radical (unpaired) electrons. The van der Waals surface area contributed by atoms with Crippen LogP contribution in [0.4, 0.5) is 4.79 Å². The van der Waals surface area contributed by atoms with Gasteiger partial charge in [0.15, 0.2) is 0 Å². The predicted octanol–water partition coefficient (Wildman–Crippen LogP) is 2.85. The molecule has 1 fully saturated rings. The molecule has 0 bridgehead atoms. The number of carbonyl (C=O) groups excluding carboxylic acids is 2. The minimum Gasteiger partial charge on any atom is -0.497 e. The Morgan fingerprint density at radius 1 is 1.04 bits per heavy atom. The first-order valence-electron chi connectivity index (χ1n) is 8.90. The number of rotatable bonds is 5. The monoisotopic (exact) mass is 376 g/mol. The van der Waals surface area contributed by atoms with Crippen molar-refractivity contribution >= 4 is 11.9 Å². The fraction of sp³-hybridized carbons (Fsp3) is 0.190. The van der Waals surface area contributed by atoms with Crippen LogP contribution in [0.3, 0.4) is 0 Å². The third-order valence-corrected chi connectivity index (χ3v) is 4.93. The number of ether oxygens (including phenoxy) is 1. The second-order valence-electron chi connectivity index (χ2n) is 6.76. The van der Waals surface area contributed by atoms with Crippen molar-refractivity contribution in [1.29, 1.82) is 0 Å². The molecule has 0 spiro atoms. The number of aromatic nitrogens is 2. The molecule has 4 rings (SSSR count). The number of carbonyl (C=O) groups is 2. The molecule has 28 heavy (non-hydrogen) atoms. The lowest BCUT2D eigenvalue weighted by Gasteiger charge is -2.22. The van der Waals surface area contributed by atoms with E-state index in [4.69, 9.17) is 4.74 Å². The summed E-state index contributed by atoms with van der Waals surface area (Å²) in [5.41, 5.74) is 1.12. The largest absolute Gasteiger partial charge is 0.497 e. The Hall–Kier alpha value is -3.61. The van der Waals surface area contributed by atoms with Crippen LogP contribution in [0.1, 0.15) is 18.2 Å². The van der Waals surface area contributed by atoms with E-state index >= 15 is 0 Å². The summed E-state index contributed by atoms with van der Waals surface area (Å²) in [6.45, 7) is 1.81. The number of para-hydroxylation sites is 1. The Kier molecular flexibility index (Phi) is 4.35. The summed E-state index contributed by atoms with van der Waals surface area (Å²) in [7, 11) is 1.58. The van der Waals surface area contributed by atoms with E-state index in [-0.39, 0.29) is 12.5 Å². The summed E-state index contributed by atoms with van der Waals surface area (Å²) in [5.74, 6) is 0.379. The number of nitrogens with one attached hydrogen (secondary N) is 1. The van der Waals surface area contributed by atoms with Crippen molar-refractivity contribution < 1.29 is 14.3 Å². The Morgan fingerprint density at radius 2 is 1.75 bits per heavy atom. The molecule has 1 aliphatic heterocycles. The molecule has 0 saturated carbocycles. The molecule has 2 aromatic carbocycles. The first-order chi connectivity index (χ1) is 13.5. The number of imide groups is 1. The van der Waals surface area contributed by atoms with Crippen molar-refractivity contribution in [2.24, 2.45) is 0 Å². The average molecular weight is 376 g/mol. The van der Waals surface area contributed by atoms with Crippen molar-refractivity contribution in [3.8, 4) is 11.4 Å². The van der Waals surface area contributed by atoms with E-state index in [1.54, 1.807) is 49.0 Å². The SMILES string of the molecule is COc1ccc(C2(C)NC(=O)N(Cc3ccn(-c4ccccc4)n3)C2=O)cc1. The summed E-state index contributed by atoms with van der Waals surface area (Å²) in [6, 6.07) is 18.1. The first-order valence-corrected chi connectivity index (χ1v) is 8.90. The van der Waals surface area contributed by atoms with Crippen LogP contribution in [0.25, 0.3) is 5.69 Å². The quantitative estimate of drug-likeness (QED) is 0.695. The van der Waals surface area contributed by atoms with E-state index < -0.39 is 11.6 Å². The topological polar surface area (TPSA) is 76.5 Å². The second-order valence-corrected chi connectivity index (χ2v) is 6.76. The smallest absolute Gasteiger partial charge is 0.325 e. The van der Waals surface area contributed by atoms with Gasteiger partial charge in [-0.15, -0.1) is 0 Å². The van der Waals surface area contributed by atoms with Crippen LogP contribution in [-0.2, 0) is 16.9 Å². The van der Waals surface area contributed by atoms with Crippen LogP contribution in [0, 0.1) is 0 Å². The van der Waals surface area contributed by atoms with Crippen LogP contribution >= 0.6 is 0 Å². The van der Waals surface area contributed by atoms with E-state index in [1.807, 2.05) is 36.5 Å². The van der Waals surface area contributed by atoms with Crippen LogP contribution < -0.4 is 10.1 Å². The van der Waals surface area contributed by atoms with Gasteiger partial charge in [-0.05, 0) is 42.8 Å². The highest BCUT2D eigenvalue weighted by Crippen LogP contribution is 2.30. The van der Waals surface area contributed by atoms with E-state index in [2.05, 4.69) is 10.4 Å². The molecule has 3 amide bonds. The van der Waals surface area contributed by atoms with Crippen LogP contribution in [0.15, 0.2) is 66.9 Å². The van der Waals surface area contributed by atoms with E-state index in [0.29, 0.717) is 17.0 Å². The minimum atomic E-state index is -1.12. The molecule has 7 heteroatoms. The number of hydrogen-bond donors (Lipinski definition) is 1. The number of benzene rings is 2. The number of nitrogens with zero attached hydrogens (tertiary/aromatic N) is 3. The minimum absolute atomic E-state index is 0.107. The summed E-state index contributed by atoms with van der Waals surface area (Å²) in [4.78, 5) is 26.8. The van der Waals surface area contributed by atoms with Crippen LogP contribution in [0.2, 0.25) is 0 Å². The lowest BCUT2D eigenvalue weighted by Crippen LogP contribution is -2.40. The number of hydrogen-bond acceptors (Lipinski definition) is 4. The van der Waals surface area contributed by atoms with Gasteiger partial charge in [0, 0.05) is 6.20 Å². The molecule has 0 aliphatic carbocycles. The van der Waals surface area contributed by atoms with Gasteiger partial charge >= 0.3 is 6.03 Å². The molecule has 2 heterocycles. The summed E-state index contributed by atoms with van der Waals surface area (Å²) in [5, 5.41) is 7.29. The highest BCUT2D eigenvalue weighted by molar-refractivity contribution is 6.07. The van der Waals surface area contributed by atoms with Crippen molar-refractivity contribution in [2.45, 2.75) is 19.0 Å². The molecule has 1 N–H and O–H groups in total. The second kappa shape index (κ2) is 6.84. The normalized spacial score (nSPS) is 19.0. The van der Waals surface area contributed by atoms with Gasteiger partial charge in [-0.3, -0.25) is 9.69 Å². The molecule has 7 nitrogen and oxygen atoms in total. The molecule has 1 aliphatic rings. The maximum absolute atomic E-state index is 13.1. The van der Waals surface area contributed by atoms with Gasteiger partial charge in [0.1, 0.15) is 11.3 Å². The molecule has 1 unspecified atom stereocenters. The van der Waals surface area contributed by atoms with Gasteiger partial charge in [0.2, 0.25) is 0 Å². The average Bonchev–Trinajstić information content (AvgIpc) is 3.28. The molecular weight excluding hydrogens is 356 g/mol. The zero-order valence-corrected chi connectivity index (χ0v) is 15.6. The van der Waals surface area contributed by atoms with Crippen molar-refractivity contribution in [3.63, 3.8) is 0 Å². The van der Waals surface area contributed by atoms with Crippen molar-refractivity contribution in [1.82, 2.24) is 20.0 Å². The van der Waals surface area contributed by atoms with Gasteiger partial charge in [-0.2, -0.15) is 5.10 Å². The third-order valence-electron chi connectivity index (χ3n) is 4.93. The highest BCUT2D eigenvalue weighted by Gasteiger charge is 2.49. The summed E-state index contributed by atoms with van der Waals surface area (Å²) < 4.78 is 6.88. The summed E-state index contributed by atoms with van der Waals surface area (Å²) in [6.07, 6.45) is 1.81. The van der Waals surface area contributed by atoms with Gasteiger partial charge in [0.05, 0.1) is 25.0 Å². The maximum atomic E-state index is 13.1. The standard InChI is InChI=1S/C21H20N4O3/c1-21(15-8-10-18(28-2)11-9-15)19(26)24(20(27)22-21)14-16-12-13-25(23-16)17-6-4-3-5-7-17/h3-13H,14H2,1-2H3,(H,22,27). The molecule has 142 valence electrons. The lowest BCUT2D eigenvalue weighted by atomic mass is 9.92. The van der Waals surface area contributed by atoms with Crippen LogP contribution in [0.5, 0.6) is 5.75 Å². The maximum Gasteiger partial charge on any atom is 0.325 e. The highest BCUT2D eigenvalue weighted by atomic mass is 16.5. The van der Waals surface area contributed by atoms with E-state index in [9.17, 15) is 9.59 Å². The van der Waals surface area contributed by atoms with Gasteiger partial charge in [0.25, 0.3) is 5.91 Å². The Balaban J connectivity index is 1.55. The first kappa shape index (κ1) is 17.8. The third kappa shape index (κ3) is 3.00. The number of methoxy groups -OCH3 is 1. The molecule has 1 atom stereocenters. The molecule has 1 saturated heterocycles. The number of amides is 3. The van der Waals surface area contributed by atoms with Gasteiger partial charge in [-0.25, -0.2) is 9.48 Å². The molecule has 1 aromatic heterocycles. The van der Waals surface area contributed by atoms with Crippen molar-refractivity contribution in [2.75, 3.05) is 7.11 Å². The fourth-order valence-corrected chi connectivity index (χ4v) is 3.29. The van der Waals surface area contributed by atoms with Gasteiger partial charge < -0.3 is 10.1 Å². The molecule has 3 aromatic rings. The zero-order chi connectivity index (χ0) is 19.7. The van der Waals surface area contributed by atoms with E-state index in [0.717, 1.165) is 5.69 Å². The van der Waals surface area contributed by atoms with Crippen LogP contribution in [-0.4, -0.2) is 33.7 Å². The van der Waals surface area contributed by atoms with Gasteiger partial charge in [-0.1, -0.05) is 30.3 Å². The Bertz CT molecular complexity index is 1010. The predicted molar refractivity (Wildman–Crippen MR) is 103 cm³/mol. The zero-order valence-electron chi connectivity index (χ0n) is 15.6. The Labute approximate surface area is 162 Å².